The summed E-state index contributed by atoms with van der Waals surface area (Å²) in [6, 6.07) is 5.58. The van der Waals surface area contributed by atoms with Gasteiger partial charge in [-0.1, -0.05) is 0 Å². The second-order valence-electron chi connectivity index (χ2n) is 5.50. The van der Waals surface area contributed by atoms with Crippen LogP contribution in [0.4, 0.5) is 11.4 Å². The number of benzene rings is 1. The summed E-state index contributed by atoms with van der Waals surface area (Å²) in [5.41, 5.74) is 1.88. The summed E-state index contributed by atoms with van der Waals surface area (Å²) >= 11 is 0. The molecule has 23 heavy (non-hydrogen) atoms. The smallest absolute Gasteiger partial charge is 0.270 e. The van der Waals surface area contributed by atoms with Gasteiger partial charge in [-0.05, 0) is 26.0 Å². The molecule has 0 spiro atoms. The van der Waals surface area contributed by atoms with Crippen LogP contribution in [0.15, 0.2) is 29.2 Å². The second kappa shape index (κ2) is 6.37. The van der Waals surface area contributed by atoms with E-state index in [0.29, 0.717) is 12.1 Å². The molecule has 0 aliphatic rings. The summed E-state index contributed by atoms with van der Waals surface area (Å²) in [6.45, 7) is 3.78. The highest BCUT2D eigenvalue weighted by atomic mass is 32.2. The third-order valence-corrected chi connectivity index (χ3v) is 4.39. The molecule has 0 saturated carbocycles. The molecule has 2 aromatic rings. The highest BCUT2D eigenvalue weighted by Gasteiger charge is 2.19. The monoisotopic (exact) mass is 338 g/mol. The van der Waals surface area contributed by atoms with Gasteiger partial charge in [0, 0.05) is 36.5 Å². The molecule has 9 heteroatoms. The molecule has 2 rings (SSSR count). The highest BCUT2D eigenvalue weighted by molar-refractivity contribution is 7.90. The molecule has 2 N–H and O–H groups in total. The number of hydrogen-bond donors (Lipinski definition) is 2. The van der Waals surface area contributed by atoms with Crippen LogP contribution in [-0.2, 0) is 16.3 Å². The minimum Gasteiger partial charge on any atom is -0.381 e. The Morgan fingerprint density at radius 3 is 2.61 bits per heavy atom. The molecular formula is C14H18N4O4S. The normalized spacial score (nSPS) is 12.8. The molecule has 8 nitrogen and oxygen atoms in total. The third-order valence-electron chi connectivity index (χ3n) is 3.25. The standard InChI is InChI=1S/C14H18N4O4S/c1-9(6-11-7-10(2)16-17-11)15-13-5-4-12(18(19)20)8-14(13)23(3,21)22/h4-5,7-9,15H,6H2,1-3H3,(H,16,17). The average Bonchev–Trinajstić information content (AvgIpc) is 2.82. The fourth-order valence-corrected chi connectivity index (χ4v) is 3.12. The Bertz CT molecular complexity index is 829. The van der Waals surface area contributed by atoms with Gasteiger partial charge in [-0.25, -0.2) is 8.42 Å². The third kappa shape index (κ3) is 4.28. The topological polar surface area (TPSA) is 118 Å². The Hall–Kier alpha value is -2.42. The Balaban J connectivity index is 2.26. The van der Waals surface area contributed by atoms with Gasteiger partial charge in [0.25, 0.3) is 5.69 Å². The number of aromatic nitrogens is 2. The van der Waals surface area contributed by atoms with E-state index in [9.17, 15) is 18.5 Å². The number of anilines is 1. The van der Waals surface area contributed by atoms with Crippen LogP contribution in [0, 0.1) is 17.0 Å². The van der Waals surface area contributed by atoms with E-state index >= 15 is 0 Å². The van der Waals surface area contributed by atoms with Crippen molar-refractivity contribution in [1.82, 2.24) is 10.2 Å². The molecule has 0 aliphatic heterocycles. The quantitative estimate of drug-likeness (QED) is 0.615. The first-order valence-electron chi connectivity index (χ1n) is 6.92. The molecule has 0 radical (unpaired) electrons. The first-order valence-corrected chi connectivity index (χ1v) is 8.82. The SMILES string of the molecule is Cc1cc(CC(C)Nc2ccc([N+](=O)[O-])cc2S(C)(=O)=O)n[nH]1. The summed E-state index contributed by atoms with van der Waals surface area (Å²) in [5.74, 6) is 0. The Kier molecular flexibility index (Phi) is 4.69. The van der Waals surface area contributed by atoms with Gasteiger partial charge in [-0.3, -0.25) is 15.2 Å². The maximum absolute atomic E-state index is 11.9. The lowest BCUT2D eigenvalue weighted by Gasteiger charge is -2.16. The van der Waals surface area contributed by atoms with Crippen molar-refractivity contribution in [3.8, 4) is 0 Å². The second-order valence-corrected chi connectivity index (χ2v) is 7.49. The van der Waals surface area contributed by atoms with Crippen LogP contribution in [0.3, 0.4) is 0 Å². The predicted octanol–water partition coefficient (Wildman–Crippen LogP) is 2.07. The number of aryl methyl sites for hydroxylation is 1. The Labute approximate surface area is 134 Å². The minimum atomic E-state index is -3.59. The minimum absolute atomic E-state index is 0.0863. The molecule has 0 aliphatic carbocycles. The Morgan fingerprint density at radius 1 is 1.39 bits per heavy atom. The fraction of sp³-hybridized carbons (Fsp3) is 0.357. The molecule has 1 aromatic heterocycles. The van der Waals surface area contributed by atoms with E-state index in [1.54, 1.807) is 0 Å². The molecule has 1 aromatic carbocycles. The van der Waals surface area contributed by atoms with Gasteiger partial charge in [0.1, 0.15) is 0 Å². The van der Waals surface area contributed by atoms with Crippen LogP contribution >= 0.6 is 0 Å². The van der Waals surface area contributed by atoms with Crippen LogP contribution in [0.2, 0.25) is 0 Å². The number of hydrogen-bond acceptors (Lipinski definition) is 6. The van der Waals surface area contributed by atoms with Gasteiger partial charge >= 0.3 is 0 Å². The number of H-pyrrole nitrogens is 1. The number of sulfone groups is 1. The van der Waals surface area contributed by atoms with E-state index in [2.05, 4.69) is 15.5 Å². The van der Waals surface area contributed by atoms with Crippen LogP contribution in [0.25, 0.3) is 0 Å². The lowest BCUT2D eigenvalue weighted by atomic mass is 10.1. The van der Waals surface area contributed by atoms with Gasteiger partial charge in [0.15, 0.2) is 9.84 Å². The predicted molar refractivity (Wildman–Crippen MR) is 86.3 cm³/mol. The number of nitro benzene ring substituents is 1. The summed E-state index contributed by atoms with van der Waals surface area (Å²) < 4.78 is 23.8. The molecule has 124 valence electrons. The molecule has 0 fully saturated rings. The molecule has 1 unspecified atom stereocenters. The zero-order chi connectivity index (χ0) is 17.2. The first-order chi connectivity index (χ1) is 10.7. The van der Waals surface area contributed by atoms with E-state index in [4.69, 9.17) is 0 Å². The van der Waals surface area contributed by atoms with Crippen LogP contribution in [0.1, 0.15) is 18.3 Å². The van der Waals surface area contributed by atoms with Gasteiger partial charge < -0.3 is 5.32 Å². The number of nitro groups is 1. The van der Waals surface area contributed by atoms with Crippen molar-refractivity contribution < 1.29 is 13.3 Å². The maximum Gasteiger partial charge on any atom is 0.270 e. The molecule has 1 heterocycles. The molecule has 0 bridgehead atoms. The summed E-state index contributed by atoms with van der Waals surface area (Å²) in [4.78, 5) is 10.1. The zero-order valence-electron chi connectivity index (χ0n) is 13.0. The van der Waals surface area contributed by atoms with Crippen molar-refractivity contribution in [2.45, 2.75) is 31.2 Å². The molecular weight excluding hydrogens is 320 g/mol. The van der Waals surface area contributed by atoms with Gasteiger partial charge in [0.05, 0.1) is 21.2 Å². The van der Waals surface area contributed by atoms with Crippen molar-refractivity contribution in [3.63, 3.8) is 0 Å². The van der Waals surface area contributed by atoms with E-state index in [1.165, 1.54) is 12.1 Å². The van der Waals surface area contributed by atoms with Gasteiger partial charge in [-0.15, -0.1) is 0 Å². The number of nitrogens with zero attached hydrogens (tertiary/aromatic N) is 2. The summed E-state index contributed by atoms with van der Waals surface area (Å²) in [7, 11) is -3.59. The number of non-ortho nitro benzene ring substituents is 1. The van der Waals surface area contributed by atoms with Crippen molar-refractivity contribution in [1.29, 1.82) is 0 Å². The van der Waals surface area contributed by atoms with Crippen LogP contribution in [-0.4, -0.2) is 35.8 Å². The lowest BCUT2D eigenvalue weighted by Crippen LogP contribution is -2.20. The summed E-state index contributed by atoms with van der Waals surface area (Å²) in [5, 5.41) is 20.9. The number of nitrogens with one attached hydrogen (secondary N) is 2. The van der Waals surface area contributed by atoms with Crippen LogP contribution in [0.5, 0.6) is 0 Å². The first kappa shape index (κ1) is 16.9. The van der Waals surface area contributed by atoms with E-state index < -0.39 is 14.8 Å². The van der Waals surface area contributed by atoms with E-state index in [-0.39, 0.29) is 16.6 Å². The molecule has 0 saturated heterocycles. The maximum atomic E-state index is 11.9. The fourth-order valence-electron chi connectivity index (χ4n) is 2.26. The molecule has 1 atom stereocenters. The van der Waals surface area contributed by atoms with Gasteiger partial charge in [-0.2, -0.15) is 5.10 Å². The largest absolute Gasteiger partial charge is 0.381 e. The van der Waals surface area contributed by atoms with Crippen molar-refractivity contribution >= 4 is 21.2 Å². The molecule has 0 amide bonds. The van der Waals surface area contributed by atoms with E-state index in [1.807, 2.05) is 19.9 Å². The van der Waals surface area contributed by atoms with Crippen molar-refractivity contribution in [3.05, 3.63) is 45.8 Å². The lowest BCUT2D eigenvalue weighted by molar-refractivity contribution is -0.385. The summed E-state index contributed by atoms with van der Waals surface area (Å²) in [6.07, 6.45) is 1.61. The zero-order valence-corrected chi connectivity index (χ0v) is 13.8. The Morgan fingerprint density at radius 2 is 2.09 bits per heavy atom. The number of rotatable bonds is 6. The highest BCUT2D eigenvalue weighted by Crippen LogP contribution is 2.27. The number of aromatic amines is 1. The van der Waals surface area contributed by atoms with Crippen molar-refractivity contribution in [2.24, 2.45) is 0 Å². The van der Waals surface area contributed by atoms with Crippen molar-refractivity contribution in [2.75, 3.05) is 11.6 Å². The van der Waals surface area contributed by atoms with Crippen LogP contribution < -0.4 is 5.32 Å². The average molecular weight is 338 g/mol. The van der Waals surface area contributed by atoms with E-state index in [0.717, 1.165) is 23.7 Å². The van der Waals surface area contributed by atoms with Gasteiger partial charge in [0.2, 0.25) is 0 Å².